The Bertz CT molecular complexity index is 430. The van der Waals surface area contributed by atoms with Crippen molar-refractivity contribution in [3.8, 4) is 6.07 Å². The van der Waals surface area contributed by atoms with E-state index in [0.717, 1.165) is 14.8 Å². The number of nitrogens with zero attached hydrogens (tertiary/aromatic N) is 1. The van der Waals surface area contributed by atoms with Crippen LogP contribution in [-0.2, 0) is 0 Å². The Morgan fingerprint density at radius 3 is 2.71 bits per heavy atom. The van der Waals surface area contributed by atoms with Gasteiger partial charge in [0.2, 0.25) is 0 Å². The van der Waals surface area contributed by atoms with Crippen molar-refractivity contribution >= 4 is 51.8 Å². The van der Waals surface area contributed by atoms with Gasteiger partial charge in [0.05, 0.1) is 15.2 Å². The first kappa shape index (κ1) is 10.2. The number of allylic oxidation sites excluding steroid dienone is 1. The van der Waals surface area contributed by atoms with Gasteiger partial charge in [0, 0.05) is 20.2 Å². The molecule has 0 spiro atoms. The third-order valence-corrected chi connectivity index (χ3v) is 5.49. The van der Waals surface area contributed by atoms with Crippen molar-refractivity contribution in [3.63, 3.8) is 0 Å². The van der Waals surface area contributed by atoms with Crippen LogP contribution < -0.4 is 5.73 Å². The van der Waals surface area contributed by atoms with Crippen LogP contribution in [0.3, 0.4) is 0 Å². The van der Waals surface area contributed by atoms with E-state index in [-0.39, 0.29) is 0 Å². The molecular weight excluding hydrogens is 327 g/mol. The summed E-state index contributed by atoms with van der Waals surface area (Å²) in [5, 5.41) is 8.56. The predicted octanol–water partition coefficient (Wildman–Crippen LogP) is 3.44. The average molecular weight is 332 g/mol. The number of nitrogen functional groups attached to an aromatic ring is 1. The van der Waals surface area contributed by atoms with Crippen LogP contribution >= 0.6 is 46.1 Å². The molecule has 0 saturated heterocycles. The number of halogens is 1. The van der Waals surface area contributed by atoms with Gasteiger partial charge in [-0.15, -0.1) is 0 Å². The second-order valence-electron chi connectivity index (χ2n) is 2.59. The van der Waals surface area contributed by atoms with Crippen molar-refractivity contribution in [2.75, 3.05) is 5.73 Å². The second kappa shape index (κ2) is 4.04. The van der Waals surface area contributed by atoms with E-state index in [1.165, 1.54) is 8.47 Å². The molecule has 0 aromatic heterocycles. The Morgan fingerprint density at radius 1 is 1.36 bits per heavy atom. The fourth-order valence-corrected chi connectivity index (χ4v) is 4.36. The smallest absolute Gasteiger partial charge is 0.0929 e. The highest BCUT2D eigenvalue weighted by molar-refractivity contribution is 14.1. The lowest BCUT2D eigenvalue weighted by Crippen LogP contribution is -1.88. The van der Waals surface area contributed by atoms with Gasteiger partial charge in [-0.2, -0.15) is 5.26 Å². The molecule has 2 N–H and O–H groups in total. The van der Waals surface area contributed by atoms with Gasteiger partial charge in [-0.05, 0) is 34.7 Å². The quantitative estimate of drug-likeness (QED) is 0.449. The average Bonchev–Trinajstić information content (AvgIpc) is 2.57. The SMILES string of the molecule is N#C/C=C1/Sc2c(N)ccc(I)c2S1. The van der Waals surface area contributed by atoms with Gasteiger partial charge < -0.3 is 5.73 Å². The molecule has 1 aromatic rings. The number of hydrogen-bond acceptors (Lipinski definition) is 4. The van der Waals surface area contributed by atoms with Crippen LogP contribution in [0.25, 0.3) is 0 Å². The first-order valence-corrected chi connectivity index (χ1v) is 6.47. The molecule has 0 fully saturated rings. The molecule has 2 nitrogen and oxygen atoms in total. The lowest BCUT2D eigenvalue weighted by Gasteiger charge is -2.01. The maximum absolute atomic E-state index is 8.56. The zero-order valence-corrected chi connectivity index (χ0v) is 10.7. The molecule has 1 aliphatic rings. The Morgan fingerprint density at radius 2 is 2.07 bits per heavy atom. The first-order chi connectivity index (χ1) is 6.72. The Kier molecular flexibility index (Phi) is 2.95. The molecule has 0 amide bonds. The first-order valence-electron chi connectivity index (χ1n) is 3.76. The standard InChI is InChI=1S/C9H5IN2S2/c10-5-1-2-6(12)9-8(5)13-7(14-9)3-4-11/h1-3H,12H2/b7-3+. The van der Waals surface area contributed by atoms with Crippen molar-refractivity contribution in [1.29, 1.82) is 5.26 Å². The van der Waals surface area contributed by atoms with E-state index in [2.05, 4.69) is 22.6 Å². The maximum Gasteiger partial charge on any atom is 0.0929 e. The van der Waals surface area contributed by atoms with E-state index in [1.54, 1.807) is 29.6 Å². The van der Waals surface area contributed by atoms with E-state index in [4.69, 9.17) is 11.0 Å². The lowest BCUT2D eigenvalue weighted by atomic mass is 10.3. The zero-order valence-electron chi connectivity index (χ0n) is 6.95. The highest BCUT2D eigenvalue weighted by atomic mass is 127. The van der Waals surface area contributed by atoms with E-state index in [9.17, 15) is 0 Å². The van der Waals surface area contributed by atoms with E-state index >= 15 is 0 Å². The molecule has 1 heterocycles. The summed E-state index contributed by atoms with van der Waals surface area (Å²) in [7, 11) is 0. The van der Waals surface area contributed by atoms with E-state index in [1.807, 2.05) is 18.2 Å². The molecule has 0 aliphatic carbocycles. The third-order valence-electron chi connectivity index (χ3n) is 1.68. The number of anilines is 1. The number of nitriles is 1. The van der Waals surface area contributed by atoms with Crippen molar-refractivity contribution in [2.45, 2.75) is 9.79 Å². The van der Waals surface area contributed by atoms with Gasteiger partial charge in [0.1, 0.15) is 0 Å². The number of rotatable bonds is 0. The number of hydrogen-bond donors (Lipinski definition) is 1. The highest BCUT2D eigenvalue weighted by Crippen LogP contribution is 2.54. The van der Waals surface area contributed by atoms with Gasteiger partial charge in [-0.1, -0.05) is 23.5 Å². The minimum absolute atomic E-state index is 0.791. The van der Waals surface area contributed by atoms with Crippen LogP contribution in [0.5, 0.6) is 0 Å². The molecule has 1 aliphatic heterocycles. The van der Waals surface area contributed by atoms with Gasteiger partial charge in [0.15, 0.2) is 0 Å². The molecule has 0 saturated carbocycles. The van der Waals surface area contributed by atoms with E-state index < -0.39 is 0 Å². The largest absolute Gasteiger partial charge is 0.398 e. The normalized spacial score (nSPS) is 16.7. The molecule has 0 bridgehead atoms. The van der Waals surface area contributed by atoms with Crippen molar-refractivity contribution in [2.24, 2.45) is 0 Å². The maximum atomic E-state index is 8.56. The van der Waals surface area contributed by atoms with Gasteiger partial charge in [-0.25, -0.2) is 0 Å². The van der Waals surface area contributed by atoms with Crippen molar-refractivity contribution in [3.05, 3.63) is 26.0 Å². The van der Waals surface area contributed by atoms with Gasteiger partial charge >= 0.3 is 0 Å². The topological polar surface area (TPSA) is 49.8 Å². The lowest BCUT2D eigenvalue weighted by molar-refractivity contribution is 1.24. The number of benzene rings is 1. The molecule has 2 rings (SSSR count). The summed E-state index contributed by atoms with van der Waals surface area (Å²) >= 11 is 5.47. The minimum atomic E-state index is 0.791. The highest BCUT2D eigenvalue weighted by Gasteiger charge is 2.22. The van der Waals surface area contributed by atoms with Crippen LogP contribution in [0.4, 0.5) is 5.69 Å². The minimum Gasteiger partial charge on any atom is -0.398 e. The fraction of sp³-hybridized carbons (Fsp3) is 0. The molecule has 0 atom stereocenters. The Labute approximate surface area is 104 Å². The van der Waals surface area contributed by atoms with Crippen molar-refractivity contribution in [1.82, 2.24) is 0 Å². The van der Waals surface area contributed by atoms with Gasteiger partial charge in [-0.3, -0.25) is 0 Å². The van der Waals surface area contributed by atoms with Crippen LogP contribution in [0.2, 0.25) is 0 Å². The van der Waals surface area contributed by atoms with Crippen LogP contribution in [0, 0.1) is 14.9 Å². The summed E-state index contributed by atoms with van der Waals surface area (Å²) in [6, 6.07) is 5.94. The monoisotopic (exact) mass is 332 g/mol. The molecule has 0 unspecified atom stereocenters. The van der Waals surface area contributed by atoms with Gasteiger partial charge in [0.25, 0.3) is 0 Å². The van der Waals surface area contributed by atoms with Crippen LogP contribution in [-0.4, -0.2) is 0 Å². The molecule has 0 radical (unpaired) electrons. The van der Waals surface area contributed by atoms with E-state index in [0.29, 0.717) is 0 Å². The Hall–Kier alpha value is -0.320. The molecule has 70 valence electrons. The third kappa shape index (κ3) is 1.74. The summed E-state index contributed by atoms with van der Waals surface area (Å²) in [4.78, 5) is 2.26. The molecule has 14 heavy (non-hydrogen) atoms. The number of thioether (sulfide) groups is 2. The van der Waals surface area contributed by atoms with Crippen molar-refractivity contribution < 1.29 is 0 Å². The second-order valence-corrected chi connectivity index (χ2v) is 6.12. The summed E-state index contributed by atoms with van der Waals surface area (Å²) in [5.41, 5.74) is 6.64. The van der Waals surface area contributed by atoms with Crippen LogP contribution in [0.1, 0.15) is 0 Å². The summed E-state index contributed by atoms with van der Waals surface area (Å²) in [6.07, 6.45) is 1.56. The summed E-state index contributed by atoms with van der Waals surface area (Å²) in [6.45, 7) is 0. The van der Waals surface area contributed by atoms with Crippen LogP contribution in [0.15, 0.2) is 32.2 Å². The zero-order chi connectivity index (χ0) is 10.1. The molecule has 1 aromatic carbocycles. The predicted molar refractivity (Wildman–Crippen MR) is 69.0 cm³/mol. The summed E-state index contributed by atoms with van der Waals surface area (Å²) in [5.74, 6) is 0. The number of fused-ring (bicyclic) bond motifs is 1. The Balaban J connectivity index is 2.50. The fourth-order valence-electron chi connectivity index (χ4n) is 1.09. The number of nitrogens with two attached hydrogens (primary N) is 1. The summed E-state index contributed by atoms with van der Waals surface area (Å²) < 4.78 is 2.18. The molecule has 5 heteroatoms. The molecular formula is C9H5IN2S2.